The van der Waals surface area contributed by atoms with E-state index in [0.29, 0.717) is 17.0 Å². The number of benzene rings is 1. The van der Waals surface area contributed by atoms with Crippen LogP contribution >= 0.6 is 0 Å². The predicted octanol–water partition coefficient (Wildman–Crippen LogP) is 3.68. The van der Waals surface area contributed by atoms with Gasteiger partial charge in [-0.05, 0) is 31.4 Å². The lowest BCUT2D eigenvalue weighted by Gasteiger charge is -2.33. The van der Waals surface area contributed by atoms with Gasteiger partial charge in [-0.15, -0.1) is 0 Å². The van der Waals surface area contributed by atoms with Crippen LogP contribution in [-0.4, -0.2) is 9.55 Å². The molecule has 0 saturated heterocycles. The van der Waals surface area contributed by atoms with Crippen molar-refractivity contribution in [3.63, 3.8) is 0 Å². The van der Waals surface area contributed by atoms with Crippen LogP contribution < -0.4 is 5.73 Å². The molecule has 4 heteroatoms. The van der Waals surface area contributed by atoms with Crippen LogP contribution in [0.4, 0.5) is 10.3 Å². The molecule has 0 radical (unpaired) electrons. The highest BCUT2D eigenvalue weighted by Gasteiger charge is 2.31. The summed E-state index contributed by atoms with van der Waals surface area (Å²) in [6.07, 6.45) is 2.72. The van der Waals surface area contributed by atoms with Crippen LogP contribution in [0.5, 0.6) is 0 Å². The monoisotopic (exact) mass is 249 g/mol. The number of para-hydroxylation sites is 1. The normalized spacial score (nSPS) is 12.2. The Labute approximate surface area is 107 Å². The predicted molar refractivity (Wildman–Crippen MR) is 73.0 cm³/mol. The SMILES string of the molecule is CCC(CC)(CC)n1c(N)nc2cccc(F)c21. The first-order valence-electron chi connectivity index (χ1n) is 6.52. The van der Waals surface area contributed by atoms with Crippen molar-refractivity contribution in [2.75, 3.05) is 5.73 Å². The number of hydrogen-bond acceptors (Lipinski definition) is 2. The fourth-order valence-electron chi connectivity index (χ4n) is 2.81. The highest BCUT2D eigenvalue weighted by Crippen LogP contribution is 2.36. The molecule has 0 saturated carbocycles. The van der Waals surface area contributed by atoms with E-state index in [1.54, 1.807) is 12.1 Å². The molecular formula is C14H20FN3. The van der Waals surface area contributed by atoms with Gasteiger partial charge in [-0.2, -0.15) is 0 Å². The average molecular weight is 249 g/mol. The highest BCUT2D eigenvalue weighted by molar-refractivity contribution is 5.79. The minimum atomic E-state index is -0.253. The molecular weight excluding hydrogens is 229 g/mol. The van der Waals surface area contributed by atoms with Crippen molar-refractivity contribution in [3.05, 3.63) is 24.0 Å². The maximum Gasteiger partial charge on any atom is 0.201 e. The Morgan fingerprint density at radius 2 is 1.83 bits per heavy atom. The third-order valence-corrected chi connectivity index (χ3v) is 4.10. The molecule has 2 aromatic rings. The second kappa shape index (κ2) is 4.59. The number of halogens is 1. The van der Waals surface area contributed by atoms with Crippen molar-refractivity contribution in [3.8, 4) is 0 Å². The van der Waals surface area contributed by atoms with Crippen LogP contribution in [0.15, 0.2) is 18.2 Å². The number of rotatable bonds is 4. The van der Waals surface area contributed by atoms with Gasteiger partial charge in [0.2, 0.25) is 5.95 Å². The molecule has 18 heavy (non-hydrogen) atoms. The molecule has 0 aliphatic rings. The van der Waals surface area contributed by atoms with Crippen LogP contribution in [0.1, 0.15) is 40.0 Å². The van der Waals surface area contributed by atoms with E-state index >= 15 is 0 Å². The zero-order valence-electron chi connectivity index (χ0n) is 11.2. The molecule has 0 aliphatic carbocycles. The Balaban J connectivity index is 2.81. The van der Waals surface area contributed by atoms with E-state index in [9.17, 15) is 4.39 Å². The summed E-state index contributed by atoms with van der Waals surface area (Å²) in [5.74, 6) is 0.150. The molecule has 98 valence electrons. The zero-order chi connectivity index (χ0) is 13.3. The third kappa shape index (κ3) is 1.67. The van der Waals surface area contributed by atoms with E-state index in [1.165, 1.54) is 6.07 Å². The number of imidazole rings is 1. The average Bonchev–Trinajstić information content (AvgIpc) is 2.71. The van der Waals surface area contributed by atoms with Gasteiger partial charge >= 0.3 is 0 Å². The van der Waals surface area contributed by atoms with Gasteiger partial charge in [0.25, 0.3) is 0 Å². The first kappa shape index (κ1) is 12.9. The summed E-state index contributed by atoms with van der Waals surface area (Å²) in [4.78, 5) is 4.28. The minimum absolute atomic E-state index is 0.152. The van der Waals surface area contributed by atoms with Crippen LogP contribution in [0.2, 0.25) is 0 Å². The first-order valence-corrected chi connectivity index (χ1v) is 6.52. The molecule has 0 amide bonds. The quantitative estimate of drug-likeness (QED) is 0.898. The molecule has 0 aliphatic heterocycles. The Morgan fingerprint density at radius 1 is 1.22 bits per heavy atom. The number of hydrogen-bond donors (Lipinski definition) is 1. The molecule has 0 spiro atoms. The van der Waals surface area contributed by atoms with Gasteiger partial charge in [0.15, 0.2) is 0 Å². The molecule has 3 nitrogen and oxygen atoms in total. The molecule has 1 aromatic heterocycles. The maximum absolute atomic E-state index is 14.1. The van der Waals surface area contributed by atoms with E-state index < -0.39 is 0 Å². The van der Waals surface area contributed by atoms with Crippen LogP contribution in [0.3, 0.4) is 0 Å². The van der Waals surface area contributed by atoms with Crippen molar-refractivity contribution in [2.45, 2.75) is 45.6 Å². The largest absolute Gasteiger partial charge is 0.369 e. The van der Waals surface area contributed by atoms with Gasteiger partial charge in [-0.1, -0.05) is 26.8 Å². The van der Waals surface area contributed by atoms with Crippen LogP contribution in [0, 0.1) is 5.82 Å². The minimum Gasteiger partial charge on any atom is -0.369 e. The second-order valence-corrected chi connectivity index (χ2v) is 4.70. The van der Waals surface area contributed by atoms with Gasteiger partial charge in [-0.3, -0.25) is 0 Å². The smallest absolute Gasteiger partial charge is 0.201 e. The van der Waals surface area contributed by atoms with Crippen molar-refractivity contribution in [1.29, 1.82) is 0 Å². The first-order chi connectivity index (χ1) is 8.59. The molecule has 1 aromatic carbocycles. The van der Waals surface area contributed by atoms with Gasteiger partial charge in [0.05, 0.1) is 5.52 Å². The summed E-state index contributed by atoms with van der Waals surface area (Å²) < 4.78 is 16.0. The van der Waals surface area contributed by atoms with Crippen LogP contribution in [0.25, 0.3) is 11.0 Å². The van der Waals surface area contributed by atoms with Crippen molar-refractivity contribution < 1.29 is 4.39 Å². The van der Waals surface area contributed by atoms with Crippen molar-refractivity contribution >= 4 is 17.0 Å². The summed E-state index contributed by atoms with van der Waals surface area (Å²) in [5.41, 5.74) is 7.03. The molecule has 0 atom stereocenters. The van der Waals surface area contributed by atoms with Gasteiger partial charge in [0.1, 0.15) is 11.3 Å². The Morgan fingerprint density at radius 3 is 2.39 bits per heavy atom. The summed E-state index contributed by atoms with van der Waals surface area (Å²) in [6, 6.07) is 4.93. The fourth-order valence-corrected chi connectivity index (χ4v) is 2.81. The lowest BCUT2D eigenvalue weighted by Crippen LogP contribution is -2.32. The summed E-state index contributed by atoms with van der Waals surface area (Å²) >= 11 is 0. The molecule has 0 bridgehead atoms. The third-order valence-electron chi connectivity index (χ3n) is 4.10. The van der Waals surface area contributed by atoms with Crippen molar-refractivity contribution in [1.82, 2.24) is 9.55 Å². The maximum atomic E-state index is 14.1. The molecule has 0 fully saturated rings. The number of nitrogen functional groups attached to an aromatic ring is 1. The molecule has 0 unspecified atom stereocenters. The van der Waals surface area contributed by atoms with Gasteiger partial charge in [-0.25, -0.2) is 9.37 Å². The lowest BCUT2D eigenvalue weighted by molar-refractivity contribution is 0.260. The van der Waals surface area contributed by atoms with Gasteiger partial charge < -0.3 is 10.3 Å². The zero-order valence-corrected chi connectivity index (χ0v) is 11.2. The summed E-state index contributed by atoms with van der Waals surface area (Å²) in [5, 5.41) is 0. The fraction of sp³-hybridized carbons (Fsp3) is 0.500. The van der Waals surface area contributed by atoms with E-state index in [-0.39, 0.29) is 11.4 Å². The topological polar surface area (TPSA) is 43.8 Å². The van der Waals surface area contributed by atoms with E-state index in [0.717, 1.165) is 19.3 Å². The number of nitrogens with zero attached hydrogens (tertiary/aromatic N) is 2. The van der Waals surface area contributed by atoms with Gasteiger partial charge in [0, 0.05) is 5.54 Å². The summed E-state index contributed by atoms with van der Waals surface area (Å²) in [6.45, 7) is 6.33. The van der Waals surface area contributed by atoms with E-state index in [4.69, 9.17) is 5.73 Å². The Hall–Kier alpha value is -1.58. The molecule has 1 heterocycles. The second-order valence-electron chi connectivity index (χ2n) is 4.70. The molecule has 2 rings (SSSR count). The standard InChI is InChI=1S/C14H20FN3/c1-4-14(5-2,6-3)18-12-10(15)8-7-9-11(12)17-13(18)16/h7-9H,4-6H2,1-3H3,(H2,16,17). The van der Waals surface area contributed by atoms with E-state index in [1.807, 2.05) is 4.57 Å². The van der Waals surface area contributed by atoms with Crippen LogP contribution in [-0.2, 0) is 5.54 Å². The number of fused-ring (bicyclic) bond motifs is 1. The lowest BCUT2D eigenvalue weighted by atomic mass is 9.89. The number of anilines is 1. The number of nitrogens with two attached hydrogens (primary N) is 1. The van der Waals surface area contributed by atoms with Crippen molar-refractivity contribution in [2.24, 2.45) is 0 Å². The number of aromatic nitrogens is 2. The Kier molecular flexibility index (Phi) is 3.28. The Bertz CT molecular complexity index is 547. The summed E-state index contributed by atoms with van der Waals surface area (Å²) in [7, 11) is 0. The molecule has 2 N–H and O–H groups in total. The highest BCUT2D eigenvalue weighted by atomic mass is 19.1. The van der Waals surface area contributed by atoms with E-state index in [2.05, 4.69) is 25.8 Å².